The van der Waals surface area contributed by atoms with E-state index < -0.39 is 0 Å². The first-order chi connectivity index (χ1) is 5.81. The van der Waals surface area contributed by atoms with Crippen LogP contribution in [0.4, 0.5) is 0 Å². The van der Waals surface area contributed by atoms with Crippen molar-refractivity contribution in [3.63, 3.8) is 0 Å². The van der Waals surface area contributed by atoms with Crippen molar-refractivity contribution in [3.05, 3.63) is 0 Å². The van der Waals surface area contributed by atoms with Crippen molar-refractivity contribution >= 4 is 5.97 Å². The first-order valence-electron chi connectivity index (χ1n) is 4.40. The van der Waals surface area contributed by atoms with Crippen LogP contribution in [0.25, 0.3) is 0 Å². The molecule has 0 spiro atoms. The molecule has 0 aliphatic heterocycles. The summed E-state index contributed by atoms with van der Waals surface area (Å²) >= 11 is 0. The van der Waals surface area contributed by atoms with Crippen LogP contribution in [0.3, 0.4) is 0 Å². The highest BCUT2D eigenvalue weighted by atomic mass is 16.5. The summed E-state index contributed by atoms with van der Waals surface area (Å²) in [7, 11) is 0. The Morgan fingerprint density at radius 1 is 1.50 bits per heavy atom. The Kier molecular flexibility index (Phi) is 7.47. The molecule has 0 heterocycles. The van der Waals surface area contributed by atoms with E-state index in [-0.39, 0.29) is 5.97 Å². The van der Waals surface area contributed by atoms with Gasteiger partial charge in [-0.25, -0.2) is 0 Å². The molecule has 0 aromatic carbocycles. The van der Waals surface area contributed by atoms with Gasteiger partial charge in [-0.1, -0.05) is 19.8 Å². The second-order valence-corrected chi connectivity index (χ2v) is 2.63. The third-order valence-corrected chi connectivity index (χ3v) is 1.48. The average Bonchev–Trinajstić information content (AvgIpc) is 2.09. The Balaban J connectivity index is 3.15. The summed E-state index contributed by atoms with van der Waals surface area (Å²) in [6.07, 6.45) is 9.03. The molecule has 0 atom stereocenters. The largest absolute Gasteiger partial charge is 0.466 e. The van der Waals surface area contributed by atoms with Crippen molar-refractivity contribution in [2.24, 2.45) is 0 Å². The number of carbonyl (C=O) groups is 1. The average molecular weight is 168 g/mol. The van der Waals surface area contributed by atoms with Crippen LogP contribution in [0.1, 0.15) is 39.0 Å². The van der Waals surface area contributed by atoms with E-state index in [9.17, 15) is 4.79 Å². The summed E-state index contributed by atoms with van der Waals surface area (Å²) in [5, 5.41) is 0. The first kappa shape index (κ1) is 11.0. The van der Waals surface area contributed by atoms with E-state index in [0.29, 0.717) is 19.4 Å². The molecule has 0 fully saturated rings. The van der Waals surface area contributed by atoms with Crippen molar-refractivity contribution in [3.8, 4) is 12.3 Å². The highest BCUT2D eigenvalue weighted by Crippen LogP contribution is 1.96. The predicted molar refractivity (Wildman–Crippen MR) is 48.6 cm³/mol. The highest BCUT2D eigenvalue weighted by Gasteiger charge is 1.99. The van der Waals surface area contributed by atoms with Crippen LogP contribution in [0.2, 0.25) is 0 Å². The number of carbonyl (C=O) groups excluding carboxylic acids is 1. The smallest absolute Gasteiger partial charge is 0.306 e. The van der Waals surface area contributed by atoms with E-state index >= 15 is 0 Å². The Morgan fingerprint density at radius 3 is 2.83 bits per heavy atom. The second kappa shape index (κ2) is 8.13. The van der Waals surface area contributed by atoms with Crippen LogP contribution in [-0.2, 0) is 9.53 Å². The SMILES string of the molecule is C#CCCC(=O)OCCCCC. The maximum Gasteiger partial charge on any atom is 0.306 e. The molecule has 0 saturated heterocycles. The van der Waals surface area contributed by atoms with Gasteiger partial charge in [0.05, 0.1) is 13.0 Å². The van der Waals surface area contributed by atoms with Crippen molar-refractivity contribution in [1.82, 2.24) is 0 Å². The van der Waals surface area contributed by atoms with Gasteiger partial charge in [0.1, 0.15) is 0 Å². The van der Waals surface area contributed by atoms with Crippen LogP contribution in [0, 0.1) is 12.3 Å². The van der Waals surface area contributed by atoms with Crippen LogP contribution in [-0.4, -0.2) is 12.6 Å². The minimum atomic E-state index is -0.177. The number of ether oxygens (including phenoxy) is 1. The van der Waals surface area contributed by atoms with Crippen molar-refractivity contribution in [2.75, 3.05) is 6.61 Å². The van der Waals surface area contributed by atoms with E-state index in [2.05, 4.69) is 12.8 Å². The second-order valence-electron chi connectivity index (χ2n) is 2.63. The maximum atomic E-state index is 10.8. The highest BCUT2D eigenvalue weighted by molar-refractivity contribution is 5.69. The molecular formula is C10H16O2. The minimum absolute atomic E-state index is 0.177. The zero-order valence-electron chi connectivity index (χ0n) is 7.64. The molecule has 0 rings (SSSR count). The molecule has 68 valence electrons. The number of hydrogen-bond acceptors (Lipinski definition) is 2. The van der Waals surface area contributed by atoms with Gasteiger partial charge in [0.25, 0.3) is 0 Å². The summed E-state index contributed by atoms with van der Waals surface area (Å²) in [5.41, 5.74) is 0. The summed E-state index contributed by atoms with van der Waals surface area (Å²) in [6.45, 7) is 2.65. The van der Waals surface area contributed by atoms with E-state index in [4.69, 9.17) is 11.2 Å². The zero-order valence-corrected chi connectivity index (χ0v) is 7.64. The molecule has 0 aromatic heterocycles. The van der Waals surface area contributed by atoms with Crippen molar-refractivity contribution in [2.45, 2.75) is 39.0 Å². The molecule has 0 saturated carbocycles. The van der Waals surface area contributed by atoms with Gasteiger partial charge in [0.2, 0.25) is 0 Å². The summed E-state index contributed by atoms with van der Waals surface area (Å²) in [6, 6.07) is 0. The molecule has 2 nitrogen and oxygen atoms in total. The quantitative estimate of drug-likeness (QED) is 0.345. The van der Waals surface area contributed by atoms with Gasteiger partial charge >= 0.3 is 5.97 Å². The van der Waals surface area contributed by atoms with E-state index in [0.717, 1.165) is 19.3 Å². The minimum Gasteiger partial charge on any atom is -0.466 e. The van der Waals surface area contributed by atoms with Gasteiger partial charge in [-0.3, -0.25) is 4.79 Å². The van der Waals surface area contributed by atoms with Gasteiger partial charge in [-0.15, -0.1) is 12.3 Å². The molecule has 0 aliphatic rings. The summed E-state index contributed by atoms with van der Waals surface area (Å²) < 4.78 is 4.91. The molecule has 0 aromatic rings. The van der Waals surface area contributed by atoms with Crippen LogP contribution >= 0.6 is 0 Å². The molecule has 0 unspecified atom stereocenters. The normalized spacial score (nSPS) is 9.00. The lowest BCUT2D eigenvalue weighted by atomic mass is 10.3. The molecule has 0 aliphatic carbocycles. The first-order valence-corrected chi connectivity index (χ1v) is 4.40. The van der Waals surface area contributed by atoms with Gasteiger partial charge in [0.15, 0.2) is 0 Å². The molecule has 0 N–H and O–H groups in total. The lowest BCUT2D eigenvalue weighted by Gasteiger charge is -2.01. The van der Waals surface area contributed by atoms with Gasteiger partial charge in [0, 0.05) is 6.42 Å². The van der Waals surface area contributed by atoms with Gasteiger partial charge < -0.3 is 4.74 Å². The fraction of sp³-hybridized carbons (Fsp3) is 0.700. The third kappa shape index (κ3) is 7.14. The standard InChI is InChI=1S/C10H16O2/c1-3-5-7-9-12-10(11)8-6-4-2/h2H,3,5-9H2,1H3. The van der Waals surface area contributed by atoms with Gasteiger partial charge in [-0.2, -0.15) is 0 Å². The molecule has 0 amide bonds. The van der Waals surface area contributed by atoms with Crippen molar-refractivity contribution < 1.29 is 9.53 Å². The molecular weight excluding hydrogens is 152 g/mol. The number of terminal acetylenes is 1. The van der Waals surface area contributed by atoms with Crippen molar-refractivity contribution in [1.29, 1.82) is 0 Å². The summed E-state index contributed by atoms with van der Waals surface area (Å²) in [4.78, 5) is 10.8. The fourth-order valence-electron chi connectivity index (χ4n) is 0.784. The molecule has 2 heteroatoms. The summed E-state index contributed by atoms with van der Waals surface area (Å²) in [5.74, 6) is 2.22. The van der Waals surface area contributed by atoms with Crippen LogP contribution in [0.15, 0.2) is 0 Å². The van der Waals surface area contributed by atoms with Crippen LogP contribution in [0.5, 0.6) is 0 Å². The lowest BCUT2D eigenvalue weighted by molar-refractivity contribution is -0.143. The third-order valence-electron chi connectivity index (χ3n) is 1.48. The molecule has 12 heavy (non-hydrogen) atoms. The van der Waals surface area contributed by atoms with E-state index in [1.165, 1.54) is 0 Å². The Morgan fingerprint density at radius 2 is 2.25 bits per heavy atom. The zero-order chi connectivity index (χ0) is 9.23. The monoisotopic (exact) mass is 168 g/mol. The van der Waals surface area contributed by atoms with E-state index in [1.807, 2.05) is 0 Å². The maximum absolute atomic E-state index is 10.8. The van der Waals surface area contributed by atoms with E-state index in [1.54, 1.807) is 0 Å². The molecule has 0 radical (unpaired) electrons. The Labute approximate surface area is 74.3 Å². The number of unbranched alkanes of at least 4 members (excludes halogenated alkanes) is 2. The Hall–Kier alpha value is -0.970. The lowest BCUT2D eigenvalue weighted by Crippen LogP contribution is -2.04. The van der Waals surface area contributed by atoms with Gasteiger partial charge in [-0.05, 0) is 6.42 Å². The number of hydrogen-bond donors (Lipinski definition) is 0. The fourth-order valence-corrected chi connectivity index (χ4v) is 0.784. The predicted octanol–water partition coefficient (Wildman–Crippen LogP) is 2.13. The number of esters is 1. The van der Waals surface area contributed by atoms with Crippen LogP contribution < -0.4 is 0 Å². The molecule has 0 bridgehead atoms. The number of rotatable bonds is 6. The topological polar surface area (TPSA) is 26.3 Å². The Bertz CT molecular complexity index is 156.